The van der Waals surface area contributed by atoms with Gasteiger partial charge in [-0.15, -0.1) is 0 Å². The van der Waals surface area contributed by atoms with Crippen LogP contribution in [0.3, 0.4) is 0 Å². The highest BCUT2D eigenvalue weighted by atomic mass is 19.4. The second-order valence-corrected chi connectivity index (χ2v) is 5.67. The lowest BCUT2D eigenvalue weighted by molar-refractivity contribution is -0.289. The minimum atomic E-state index is -6.17. The zero-order valence-electron chi connectivity index (χ0n) is 13.1. The Bertz CT molecular complexity index is 821. The Morgan fingerprint density at radius 3 is 1.56 bits per heavy atom. The summed E-state index contributed by atoms with van der Waals surface area (Å²) in [5.74, 6) is 0. The van der Waals surface area contributed by atoms with Crippen LogP contribution in [0.25, 0.3) is 0 Å². The molecule has 0 heterocycles. The topological polar surface area (TPSA) is 52.0 Å². The van der Waals surface area contributed by atoms with Gasteiger partial charge in [0.2, 0.25) is 5.41 Å². The van der Waals surface area contributed by atoms with Crippen LogP contribution >= 0.6 is 0 Å². The van der Waals surface area contributed by atoms with E-state index in [9.17, 15) is 39.5 Å². The molecule has 2 nitrogen and oxygen atoms in total. The number of hydrogen-bond donors (Lipinski definition) is 2. The van der Waals surface area contributed by atoms with Crippen molar-refractivity contribution in [3.05, 3.63) is 59.2 Å². The van der Waals surface area contributed by atoms with Gasteiger partial charge in [-0.25, -0.2) is 0 Å². The normalized spacial score (nSPS) is 13.7. The van der Waals surface area contributed by atoms with Gasteiger partial charge in [-0.05, 0) is 35.4 Å². The number of halogens is 9. The molecule has 0 amide bonds. The molecule has 2 aromatic carbocycles. The molecule has 0 aliphatic carbocycles. The molecule has 0 saturated carbocycles. The van der Waals surface area contributed by atoms with E-state index in [2.05, 4.69) is 0 Å². The Labute approximate surface area is 146 Å². The average molecular weight is 402 g/mol. The number of nitrogen functional groups attached to an aromatic ring is 2. The summed E-state index contributed by atoms with van der Waals surface area (Å²) in [6, 6.07) is 3.24. The number of nitrogens with two attached hydrogens (primary N) is 2. The number of hydrogen-bond acceptors (Lipinski definition) is 2. The second kappa shape index (κ2) is 6.24. The second-order valence-electron chi connectivity index (χ2n) is 5.67. The number of anilines is 2. The minimum Gasteiger partial charge on any atom is -0.399 e. The van der Waals surface area contributed by atoms with Crippen LogP contribution in [0.5, 0.6) is 0 Å². The SMILES string of the molecule is Nc1cccc(C(c2ccc(N)cc2C(F)(F)F)(C(F)(F)F)C(F)(F)F)c1. The first-order chi connectivity index (χ1) is 12.1. The smallest absolute Gasteiger partial charge is 0.399 e. The molecule has 0 radical (unpaired) electrons. The summed E-state index contributed by atoms with van der Waals surface area (Å²) >= 11 is 0. The summed E-state index contributed by atoms with van der Waals surface area (Å²) in [5.41, 5.74) is -1.29. The summed E-state index contributed by atoms with van der Waals surface area (Å²) in [6.45, 7) is 0. The zero-order valence-corrected chi connectivity index (χ0v) is 13.1. The first kappa shape index (κ1) is 20.7. The Morgan fingerprint density at radius 2 is 1.11 bits per heavy atom. The van der Waals surface area contributed by atoms with Crippen LogP contribution in [-0.2, 0) is 11.6 Å². The highest BCUT2D eigenvalue weighted by molar-refractivity contribution is 5.56. The van der Waals surface area contributed by atoms with E-state index in [1.54, 1.807) is 0 Å². The van der Waals surface area contributed by atoms with Crippen molar-refractivity contribution in [3.63, 3.8) is 0 Å². The predicted octanol–water partition coefficient (Wildman–Crippen LogP) is 5.28. The van der Waals surface area contributed by atoms with E-state index < -0.39 is 52.0 Å². The monoisotopic (exact) mass is 402 g/mol. The number of rotatable bonds is 2. The van der Waals surface area contributed by atoms with Crippen molar-refractivity contribution in [2.45, 2.75) is 23.9 Å². The van der Waals surface area contributed by atoms with E-state index >= 15 is 0 Å². The lowest BCUT2D eigenvalue weighted by atomic mass is 9.71. The molecule has 11 heteroatoms. The van der Waals surface area contributed by atoms with Crippen molar-refractivity contribution in [1.82, 2.24) is 0 Å². The third kappa shape index (κ3) is 3.37. The molecule has 0 spiro atoms. The average Bonchev–Trinajstić information content (AvgIpc) is 2.45. The van der Waals surface area contributed by atoms with E-state index in [0.29, 0.717) is 18.2 Å². The minimum absolute atomic E-state index is 0.0356. The van der Waals surface area contributed by atoms with Crippen LogP contribution in [0.4, 0.5) is 50.9 Å². The molecule has 0 atom stereocenters. The largest absolute Gasteiger partial charge is 0.416 e. The number of benzene rings is 2. The highest BCUT2D eigenvalue weighted by Crippen LogP contribution is 2.58. The van der Waals surface area contributed by atoms with Gasteiger partial charge in [-0.2, -0.15) is 39.5 Å². The van der Waals surface area contributed by atoms with E-state index in [4.69, 9.17) is 11.5 Å². The molecule has 0 unspecified atom stereocenters. The van der Waals surface area contributed by atoms with Crippen LogP contribution in [-0.4, -0.2) is 12.4 Å². The fourth-order valence-corrected chi connectivity index (χ4v) is 2.84. The van der Waals surface area contributed by atoms with Gasteiger partial charge >= 0.3 is 18.5 Å². The molecule has 4 N–H and O–H groups in total. The van der Waals surface area contributed by atoms with Crippen molar-refractivity contribution < 1.29 is 39.5 Å². The molecule has 0 aromatic heterocycles. The number of alkyl halides is 9. The Balaban J connectivity index is 3.09. The van der Waals surface area contributed by atoms with Gasteiger partial charge in [0.15, 0.2) is 0 Å². The first-order valence-corrected chi connectivity index (χ1v) is 7.09. The molecule has 148 valence electrons. The van der Waals surface area contributed by atoms with Gasteiger partial charge in [0.05, 0.1) is 5.56 Å². The van der Waals surface area contributed by atoms with Gasteiger partial charge in [-0.3, -0.25) is 0 Å². The van der Waals surface area contributed by atoms with Crippen LogP contribution < -0.4 is 11.5 Å². The Kier molecular flexibility index (Phi) is 4.79. The summed E-state index contributed by atoms with van der Waals surface area (Å²) in [5, 5.41) is 0. The third-order valence-electron chi connectivity index (χ3n) is 3.92. The molecule has 0 saturated heterocycles. The van der Waals surface area contributed by atoms with Crippen molar-refractivity contribution in [2.24, 2.45) is 0 Å². The van der Waals surface area contributed by atoms with Gasteiger partial charge in [0.1, 0.15) is 0 Å². The molecule has 2 rings (SSSR count). The van der Waals surface area contributed by atoms with E-state index in [1.165, 1.54) is 0 Å². The van der Waals surface area contributed by atoms with Gasteiger partial charge < -0.3 is 11.5 Å². The van der Waals surface area contributed by atoms with Crippen LogP contribution in [0.2, 0.25) is 0 Å². The molecule has 0 fully saturated rings. The van der Waals surface area contributed by atoms with Crippen LogP contribution in [0.1, 0.15) is 16.7 Å². The molecule has 0 bridgehead atoms. The van der Waals surface area contributed by atoms with E-state index in [0.717, 1.165) is 12.1 Å². The van der Waals surface area contributed by atoms with Crippen molar-refractivity contribution in [3.8, 4) is 0 Å². The fourth-order valence-electron chi connectivity index (χ4n) is 2.84. The fraction of sp³-hybridized carbons (Fsp3) is 0.250. The summed E-state index contributed by atoms with van der Waals surface area (Å²) in [7, 11) is 0. The Hall–Kier alpha value is -2.59. The first-order valence-electron chi connectivity index (χ1n) is 7.09. The molecule has 0 aliphatic heterocycles. The van der Waals surface area contributed by atoms with Gasteiger partial charge in [-0.1, -0.05) is 18.2 Å². The molecule has 2 aromatic rings. The predicted molar refractivity (Wildman–Crippen MR) is 79.6 cm³/mol. The van der Waals surface area contributed by atoms with Crippen molar-refractivity contribution in [2.75, 3.05) is 11.5 Å². The lowest BCUT2D eigenvalue weighted by Gasteiger charge is -2.39. The summed E-state index contributed by atoms with van der Waals surface area (Å²) < 4.78 is 123. The maximum atomic E-state index is 13.9. The van der Waals surface area contributed by atoms with Crippen molar-refractivity contribution in [1.29, 1.82) is 0 Å². The maximum absolute atomic E-state index is 13.9. The molecule has 27 heavy (non-hydrogen) atoms. The van der Waals surface area contributed by atoms with Gasteiger partial charge in [0.25, 0.3) is 0 Å². The molecular formula is C16H11F9N2. The Morgan fingerprint density at radius 1 is 0.593 bits per heavy atom. The van der Waals surface area contributed by atoms with Crippen LogP contribution in [0, 0.1) is 0 Å². The molecule has 0 aliphatic rings. The standard InChI is InChI=1S/C16H11F9N2/c17-14(18,19)12-7-10(27)4-5-11(12)13(15(20,21)22,16(23,24)25)8-2-1-3-9(26)6-8/h1-7H,26-27H2. The molecular weight excluding hydrogens is 391 g/mol. The van der Waals surface area contributed by atoms with E-state index in [-0.39, 0.29) is 12.1 Å². The summed E-state index contributed by atoms with van der Waals surface area (Å²) in [6.07, 6.45) is -17.9. The van der Waals surface area contributed by atoms with Gasteiger partial charge in [0, 0.05) is 11.4 Å². The highest BCUT2D eigenvalue weighted by Gasteiger charge is 2.73. The van der Waals surface area contributed by atoms with E-state index in [1.807, 2.05) is 0 Å². The van der Waals surface area contributed by atoms with Crippen molar-refractivity contribution >= 4 is 11.4 Å². The maximum Gasteiger partial charge on any atom is 0.416 e. The third-order valence-corrected chi connectivity index (χ3v) is 3.92. The quantitative estimate of drug-likeness (QED) is 0.531. The summed E-state index contributed by atoms with van der Waals surface area (Å²) in [4.78, 5) is 0. The zero-order chi connectivity index (χ0) is 20.8. The lowest BCUT2D eigenvalue weighted by Crippen LogP contribution is -2.55. The van der Waals surface area contributed by atoms with Crippen LogP contribution in [0.15, 0.2) is 42.5 Å².